The molecule has 13 nitrogen and oxygen atoms in total. The lowest BCUT2D eigenvalue weighted by Crippen LogP contribution is -2.65. The smallest absolute Gasteiger partial charge is 0.449 e. The number of nitrogens with one attached hydrogen (secondary N) is 6. The van der Waals surface area contributed by atoms with Gasteiger partial charge >= 0.3 is 14.0 Å². The molecule has 3 aliphatic carbocycles. The molecule has 6 unspecified atom stereocenters. The van der Waals surface area contributed by atoms with Crippen molar-refractivity contribution in [1.29, 1.82) is 0 Å². The van der Waals surface area contributed by atoms with E-state index in [1.807, 2.05) is 6.92 Å². The second-order valence-corrected chi connectivity index (χ2v) is 14.1. The Labute approximate surface area is 268 Å². The fourth-order valence-electron chi connectivity index (χ4n) is 5.96. The van der Waals surface area contributed by atoms with Gasteiger partial charge in [-0.15, -0.1) is 0 Å². The molecule has 4 amide bonds. The Morgan fingerprint density at radius 3 is 1.68 bits per heavy atom. The average Bonchev–Trinajstić information content (AvgIpc) is 3.33. The van der Waals surface area contributed by atoms with Crippen LogP contribution in [0.5, 0.6) is 0 Å². The molecule has 12 atom stereocenters. The highest BCUT2D eigenvalue weighted by atomic mass is 31.0. The molecule has 4 aliphatic rings. The highest BCUT2D eigenvalue weighted by molar-refractivity contribution is 7.14. The number of carbonyl (C=O) groups is 4. The van der Waals surface area contributed by atoms with Gasteiger partial charge in [0, 0.05) is 5.94 Å². The van der Waals surface area contributed by atoms with Crippen LogP contribution in [0.4, 0.5) is 0 Å². The monoisotopic (exact) mass is 658 g/mol. The van der Waals surface area contributed by atoms with E-state index in [0.29, 0.717) is 11.8 Å². The van der Waals surface area contributed by atoms with Crippen LogP contribution in [0, 0.1) is 17.3 Å². The Hall–Kier alpha value is -1.33. The van der Waals surface area contributed by atoms with Crippen LogP contribution in [0.25, 0.3) is 0 Å². The molecule has 44 heavy (non-hydrogen) atoms. The molecule has 0 spiro atoms. The summed E-state index contributed by atoms with van der Waals surface area (Å²) in [4.78, 5) is 47.5. The van der Waals surface area contributed by atoms with Crippen molar-refractivity contribution in [2.24, 2.45) is 17.3 Å². The quantitative estimate of drug-likeness (QED) is 0.112. The zero-order valence-electron chi connectivity index (χ0n) is 27.8. The van der Waals surface area contributed by atoms with Gasteiger partial charge in [0.25, 0.3) is 0 Å². The summed E-state index contributed by atoms with van der Waals surface area (Å²) in [5, 5.41) is 25.5. The van der Waals surface area contributed by atoms with Gasteiger partial charge in [-0.1, -0.05) is 39.5 Å². The second kappa shape index (κ2) is 16.0. The molecule has 2 bridgehead atoms. The topological polar surface area (TPSA) is 179 Å². The summed E-state index contributed by atoms with van der Waals surface area (Å²) < 4.78 is 12.6. The Balaban J connectivity index is 0.000000345. The zero-order valence-corrected chi connectivity index (χ0v) is 30.1. The third-order valence-electron chi connectivity index (χ3n) is 9.63. The molecule has 1 aliphatic heterocycles. The molecule has 17 heteroatoms. The van der Waals surface area contributed by atoms with E-state index in [-0.39, 0.29) is 64.7 Å². The fraction of sp³-hybridized carbons (Fsp3) is 0.852. The van der Waals surface area contributed by atoms with Gasteiger partial charge in [-0.05, 0) is 78.6 Å². The van der Waals surface area contributed by atoms with Gasteiger partial charge in [0.15, 0.2) is 0 Å². The number of hydrogen-bond donors (Lipinski definition) is 7. The van der Waals surface area contributed by atoms with Gasteiger partial charge in [-0.25, -0.2) is 0 Å². The Morgan fingerprint density at radius 1 is 0.795 bits per heavy atom. The molecule has 0 aromatic rings. The SMILES string of the molecule is CB(O)[C@H](C)NC(=O)C(C)NC(=O)C(C)NP.CC(NP)C(=O)NC(C)C(=O)N[C@@H](C)B1O[C@@H]2C[C@@H]3C[C@@H](C3(C)C)[C@]2(C)O1. The van der Waals surface area contributed by atoms with E-state index in [1.165, 1.54) is 6.42 Å². The highest BCUT2D eigenvalue weighted by Gasteiger charge is 2.68. The summed E-state index contributed by atoms with van der Waals surface area (Å²) in [6.07, 6.45) is 2.30. The fourth-order valence-corrected chi connectivity index (χ4v) is 6.26. The van der Waals surface area contributed by atoms with Gasteiger partial charge in [0.1, 0.15) is 12.1 Å². The standard InChI is InChI=1S/C18H33BN3O4P.C9H21BN3O3P/c1-9(20-16(24)10(2)22-27)15(23)21-11(3)19-25-14-8-12-7-13(17(12,4)5)18(14,6)26-19;1-5(11-9(15)6(2)13-17)8(14)12-7(3)10(4)16/h9-14,22H,7-8,27H2,1-6H3,(H,20,24)(H,21,23);5-7,13,16H,17H2,1-4H3,(H,11,15)(H,12,14)/t9?,10?,11-,12-,13-,14+,18-;5?,6?,7-/m00/s1. The molecule has 7 N–H and O–H groups in total. The van der Waals surface area contributed by atoms with Crippen molar-refractivity contribution in [3.05, 3.63) is 0 Å². The van der Waals surface area contributed by atoms with E-state index in [4.69, 9.17) is 9.31 Å². The number of carbonyl (C=O) groups excluding carboxylic acids is 4. The van der Waals surface area contributed by atoms with Gasteiger partial charge in [-0.3, -0.25) is 29.4 Å². The summed E-state index contributed by atoms with van der Waals surface area (Å²) in [7, 11) is 4.08. The van der Waals surface area contributed by atoms with E-state index in [0.717, 1.165) is 6.42 Å². The minimum Gasteiger partial charge on any atom is -0.449 e. The molecule has 4 fully saturated rings. The lowest BCUT2D eigenvalue weighted by Gasteiger charge is -2.64. The molecule has 1 saturated heterocycles. The number of hydrogen-bond acceptors (Lipinski definition) is 9. The first kappa shape index (κ1) is 38.9. The van der Waals surface area contributed by atoms with Crippen molar-refractivity contribution in [2.75, 3.05) is 0 Å². The predicted octanol–water partition coefficient (Wildman–Crippen LogP) is -0.0517. The van der Waals surface area contributed by atoms with Gasteiger partial charge in [0.05, 0.1) is 29.7 Å². The molecule has 3 saturated carbocycles. The minimum atomic E-state index is -0.635. The van der Waals surface area contributed by atoms with Crippen LogP contribution in [-0.4, -0.2) is 90.4 Å². The summed E-state index contributed by atoms with van der Waals surface area (Å²) in [5.41, 5.74) is -0.00129. The lowest BCUT2D eigenvalue weighted by atomic mass is 9.43. The first-order valence-electron chi connectivity index (χ1n) is 15.4. The Morgan fingerprint density at radius 2 is 1.25 bits per heavy atom. The molecular weight excluding hydrogens is 604 g/mol. The minimum absolute atomic E-state index is 0.0877. The van der Waals surface area contributed by atoms with E-state index < -0.39 is 26.1 Å². The van der Waals surface area contributed by atoms with Crippen molar-refractivity contribution in [1.82, 2.24) is 31.4 Å². The highest BCUT2D eigenvalue weighted by Crippen LogP contribution is 2.65. The van der Waals surface area contributed by atoms with Crippen LogP contribution >= 0.6 is 18.8 Å². The van der Waals surface area contributed by atoms with Crippen LogP contribution in [0.1, 0.15) is 75.2 Å². The normalized spacial score (nSPS) is 28.7. The molecule has 4 rings (SSSR count). The van der Waals surface area contributed by atoms with Crippen molar-refractivity contribution >= 4 is 56.4 Å². The molecular formula is C27H54B2N6O7P2. The predicted molar refractivity (Wildman–Crippen MR) is 179 cm³/mol. The van der Waals surface area contributed by atoms with E-state index in [2.05, 4.69) is 71.0 Å². The lowest BCUT2D eigenvalue weighted by molar-refractivity contribution is -0.199. The molecule has 1 heterocycles. The molecule has 0 aromatic heterocycles. The van der Waals surface area contributed by atoms with E-state index >= 15 is 0 Å². The van der Waals surface area contributed by atoms with Gasteiger partial charge < -0.3 is 35.6 Å². The van der Waals surface area contributed by atoms with E-state index in [9.17, 15) is 24.2 Å². The second-order valence-electron chi connectivity index (χ2n) is 13.4. The summed E-state index contributed by atoms with van der Waals surface area (Å²) in [6.45, 7) is 18.0. The van der Waals surface area contributed by atoms with Gasteiger partial charge in [0.2, 0.25) is 23.6 Å². The summed E-state index contributed by atoms with van der Waals surface area (Å²) in [6, 6.07) is -2.04. The first-order chi connectivity index (χ1) is 20.3. The largest absolute Gasteiger partial charge is 0.481 e. The average molecular weight is 658 g/mol. The Bertz CT molecular complexity index is 1050. The van der Waals surface area contributed by atoms with Crippen molar-refractivity contribution in [2.45, 2.75) is 130 Å². The molecule has 0 aromatic carbocycles. The van der Waals surface area contributed by atoms with Crippen molar-refractivity contribution < 1.29 is 33.5 Å². The maximum atomic E-state index is 12.5. The Kier molecular flexibility index (Phi) is 14.1. The number of rotatable bonds is 12. The third-order valence-corrected chi connectivity index (χ3v) is 10.6. The van der Waals surface area contributed by atoms with Crippen molar-refractivity contribution in [3.63, 3.8) is 0 Å². The van der Waals surface area contributed by atoms with Crippen LogP contribution in [0.15, 0.2) is 0 Å². The van der Waals surface area contributed by atoms with Crippen LogP contribution in [-0.2, 0) is 28.5 Å². The molecule has 0 radical (unpaired) electrons. The van der Waals surface area contributed by atoms with E-state index in [1.54, 1.807) is 41.4 Å². The van der Waals surface area contributed by atoms with Crippen LogP contribution in [0.2, 0.25) is 6.82 Å². The van der Waals surface area contributed by atoms with Crippen molar-refractivity contribution in [3.8, 4) is 0 Å². The summed E-state index contributed by atoms with van der Waals surface area (Å²) >= 11 is 0. The molecule has 250 valence electrons. The maximum absolute atomic E-state index is 12.5. The third kappa shape index (κ3) is 9.14. The van der Waals surface area contributed by atoms with Crippen LogP contribution < -0.4 is 31.4 Å². The van der Waals surface area contributed by atoms with Gasteiger partial charge in [-0.2, -0.15) is 0 Å². The van der Waals surface area contributed by atoms with Crippen LogP contribution in [0.3, 0.4) is 0 Å². The zero-order chi connectivity index (χ0) is 33.7. The first-order valence-corrected chi connectivity index (χ1v) is 16.6. The number of amides is 4. The summed E-state index contributed by atoms with van der Waals surface area (Å²) in [5.74, 6) is -0.514. The maximum Gasteiger partial charge on any atom is 0.481 e.